The summed E-state index contributed by atoms with van der Waals surface area (Å²) in [5.74, 6) is 0.946. The maximum Gasteiger partial charge on any atom is 0.238 e. The van der Waals surface area contributed by atoms with Gasteiger partial charge in [-0.25, -0.2) is 0 Å². The van der Waals surface area contributed by atoms with Crippen LogP contribution in [0.25, 0.3) is 0 Å². The summed E-state index contributed by atoms with van der Waals surface area (Å²) in [7, 11) is 0. The van der Waals surface area contributed by atoms with Crippen LogP contribution in [0.4, 0.5) is 5.69 Å². The maximum absolute atomic E-state index is 12.7. The van der Waals surface area contributed by atoms with Gasteiger partial charge in [-0.3, -0.25) is 14.6 Å². The molecule has 0 bridgehead atoms. The molecule has 1 amide bonds. The highest BCUT2D eigenvalue weighted by atomic mass is 16.5. The van der Waals surface area contributed by atoms with Gasteiger partial charge in [0.25, 0.3) is 0 Å². The summed E-state index contributed by atoms with van der Waals surface area (Å²) in [4.78, 5) is 17.4. The highest BCUT2D eigenvalue weighted by Crippen LogP contribution is 2.25. The Kier molecular flexibility index (Phi) is 6.98. The van der Waals surface area contributed by atoms with Crippen LogP contribution in [0.3, 0.4) is 0 Å². The third-order valence-corrected chi connectivity index (χ3v) is 5.87. The van der Waals surface area contributed by atoms with Crippen LogP contribution in [-0.2, 0) is 22.6 Å². The lowest BCUT2D eigenvalue weighted by Gasteiger charge is -2.27. The molecule has 2 fully saturated rings. The fourth-order valence-electron chi connectivity index (χ4n) is 4.28. The van der Waals surface area contributed by atoms with Crippen LogP contribution in [0.1, 0.15) is 37.0 Å². The first-order valence-electron chi connectivity index (χ1n) is 10.7. The summed E-state index contributed by atoms with van der Waals surface area (Å²) >= 11 is 0. The Morgan fingerprint density at radius 2 is 1.86 bits per heavy atom. The number of furan rings is 1. The summed E-state index contributed by atoms with van der Waals surface area (Å²) < 4.78 is 10.9. The molecule has 4 rings (SSSR count). The molecule has 0 spiro atoms. The minimum atomic E-state index is 0.0318. The number of carbonyl (C=O) groups excluding carboxylic acids is 1. The Morgan fingerprint density at radius 1 is 1.10 bits per heavy atom. The van der Waals surface area contributed by atoms with Crippen molar-refractivity contribution in [2.24, 2.45) is 0 Å². The Bertz CT molecular complexity index is 748. The molecule has 156 valence electrons. The van der Waals surface area contributed by atoms with Crippen LogP contribution in [0, 0.1) is 0 Å². The van der Waals surface area contributed by atoms with Gasteiger partial charge in [0.1, 0.15) is 5.76 Å². The van der Waals surface area contributed by atoms with Crippen LogP contribution in [0.2, 0.25) is 0 Å². The van der Waals surface area contributed by atoms with Crippen molar-refractivity contribution in [2.45, 2.75) is 44.8 Å². The van der Waals surface area contributed by atoms with Crippen LogP contribution in [-0.4, -0.2) is 54.6 Å². The predicted octanol–water partition coefficient (Wildman–Crippen LogP) is 3.50. The van der Waals surface area contributed by atoms with Gasteiger partial charge >= 0.3 is 0 Å². The van der Waals surface area contributed by atoms with Gasteiger partial charge in [0.2, 0.25) is 5.91 Å². The van der Waals surface area contributed by atoms with E-state index in [9.17, 15) is 4.79 Å². The van der Waals surface area contributed by atoms with Crippen molar-refractivity contribution in [1.82, 2.24) is 9.80 Å². The number of ether oxygens (including phenoxy) is 1. The van der Waals surface area contributed by atoms with E-state index in [2.05, 4.69) is 27.2 Å². The topological polar surface area (TPSA) is 58.0 Å². The van der Waals surface area contributed by atoms with Crippen molar-refractivity contribution in [3.05, 3.63) is 54.0 Å². The van der Waals surface area contributed by atoms with Gasteiger partial charge < -0.3 is 14.5 Å². The number of nitrogens with zero attached hydrogens (tertiary/aromatic N) is 2. The SMILES string of the molecule is O=C(CN(Cc1ccco1)C1CCCC1)Nc1ccc(CN2CCOCC2)cc1. The highest BCUT2D eigenvalue weighted by Gasteiger charge is 2.25. The van der Waals surface area contributed by atoms with Crippen LogP contribution in [0.5, 0.6) is 0 Å². The number of carbonyl (C=O) groups is 1. The molecule has 0 unspecified atom stereocenters. The summed E-state index contributed by atoms with van der Waals surface area (Å²) in [6.07, 6.45) is 6.49. The first kappa shape index (κ1) is 20.1. The molecule has 1 saturated heterocycles. The van der Waals surface area contributed by atoms with Gasteiger partial charge in [-0.1, -0.05) is 25.0 Å². The molecular weight excluding hydrogens is 366 g/mol. The lowest BCUT2D eigenvalue weighted by molar-refractivity contribution is -0.118. The smallest absolute Gasteiger partial charge is 0.238 e. The Hall–Kier alpha value is -2.15. The number of morpholine rings is 1. The zero-order chi connectivity index (χ0) is 19.9. The van der Waals surface area contributed by atoms with Crippen molar-refractivity contribution >= 4 is 11.6 Å². The average molecular weight is 398 g/mol. The molecule has 1 aliphatic carbocycles. The molecule has 6 heteroatoms. The van der Waals surface area contributed by atoms with Crippen LogP contribution in [0.15, 0.2) is 47.1 Å². The number of hydrogen-bond donors (Lipinski definition) is 1. The van der Waals surface area contributed by atoms with E-state index in [1.54, 1.807) is 6.26 Å². The fraction of sp³-hybridized carbons (Fsp3) is 0.522. The summed E-state index contributed by atoms with van der Waals surface area (Å²) in [5.41, 5.74) is 2.11. The number of anilines is 1. The number of hydrogen-bond acceptors (Lipinski definition) is 5. The Labute approximate surface area is 172 Å². The lowest BCUT2D eigenvalue weighted by Crippen LogP contribution is -2.39. The van der Waals surface area contributed by atoms with Gasteiger partial charge in [0, 0.05) is 31.4 Å². The highest BCUT2D eigenvalue weighted by molar-refractivity contribution is 5.92. The van der Waals surface area contributed by atoms with E-state index in [0.717, 1.165) is 57.1 Å². The number of benzene rings is 1. The third-order valence-electron chi connectivity index (χ3n) is 5.87. The molecule has 2 aromatic rings. The minimum absolute atomic E-state index is 0.0318. The average Bonchev–Trinajstić information content (AvgIpc) is 3.44. The summed E-state index contributed by atoms with van der Waals surface area (Å²) in [6.45, 7) is 5.57. The number of rotatable bonds is 8. The maximum atomic E-state index is 12.7. The van der Waals surface area contributed by atoms with E-state index in [1.807, 2.05) is 24.3 Å². The molecule has 0 radical (unpaired) electrons. The molecule has 29 heavy (non-hydrogen) atoms. The first-order valence-corrected chi connectivity index (χ1v) is 10.7. The Morgan fingerprint density at radius 3 is 2.55 bits per heavy atom. The predicted molar refractivity (Wildman–Crippen MR) is 113 cm³/mol. The minimum Gasteiger partial charge on any atom is -0.468 e. The summed E-state index contributed by atoms with van der Waals surface area (Å²) in [6, 6.07) is 12.5. The largest absolute Gasteiger partial charge is 0.468 e. The molecule has 2 heterocycles. The molecule has 1 aromatic heterocycles. The Balaban J connectivity index is 1.31. The van der Waals surface area contributed by atoms with E-state index in [0.29, 0.717) is 19.1 Å². The molecule has 1 aliphatic heterocycles. The van der Waals surface area contributed by atoms with Gasteiger partial charge in [0.05, 0.1) is 32.6 Å². The van der Waals surface area contributed by atoms with E-state index < -0.39 is 0 Å². The number of amides is 1. The van der Waals surface area contributed by atoms with Crippen LogP contribution >= 0.6 is 0 Å². The lowest BCUT2D eigenvalue weighted by atomic mass is 10.2. The van der Waals surface area contributed by atoms with Crippen molar-refractivity contribution in [2.75, 3.05) is 38.2 Å². The van der Waals surface area contributed by atoms with Crippen molar-refractivity contribution in [1.29, 1.82) is 0 Å². The van der Waals surface area contributed by atoms with Gasteiger partial charge in [-0.05, 0) is 42.7 Å². The van der Waals surface area contributed by atoms with E-state index >= 15 is 0 Å². The quantitative estimate of drug-likeness (QED) is 0.739. The molecule has 6 nitrogen and oxygen atoms in total. The molecule has 1 aromatic carbocycles. The number of nitrogens with one attached hydrogen (secondary N) is 1. The first-order chi connectivity index (χ1) is 14.3. The zero-order valence-corrected chi connectivity index (χ0v) is 17.0. The molecular formula is C23H31N3O3. The second-order valence-corrected chi connectivity index (χ2v) is 8.06. The second kappa shape index (κ2) is 10.1. The fourth-order valence-corrected chi connectivity index (χ4v) is 4.28. The third kappa shape index (κ3) is 5.92. The second-order valence-electron chi connectivity index (χ2n) is 8.06. The molecule has 1 N–H and O–H groups in total. The van der Waals surface area contributed by atoms with E-state index in [4.69, 9.17) is 9.15 Å². The zero-order valence-electron chi connectivity index (χ0n) is 17.0. The molecule has 1 saturated carbocycles. The van der Waals surface area contributed by atoms with Gasteiger partial charge in [-0.2, -0.15) is 0 Å². The normalized spacial score (nSPS) is 18.4. The van der Waals surface area contributed by atoms with E-state index in [1.165, 1.54) is 18.4 Å². The van der Waals surface area contributed by atoms with Crippen LogP contribution < -0.4 is 5.32 Å². The standard InChI is InChI=1S/C23H31N3O3/c27-23(18-26(21-4-1-2-5-21)17-22-6-3-13-29-22)24-20-9-7-19(8-10-20)16-25-11-14-28-15-12-25/h3,6-10,13,21H,1-2,4-5,11-12,14-18H2,(H,24,27). The van der Waals surface area contributed by atoms with Crippen molar-refractivity contribution < 1.29 is 13.9 Å². The van der Waals surface area contributed by atoms with E-state index in [-0.39, 0.29) is 5.91 Å². The molecule has 2 aliphatic rings. The van der Waals surface area contributed by atoms with Gasteiger partial charge in [-0.15, -0.1) is 0 Å². The van der Waals surface area contributed by atoms with Crippen molar-refractivity contribution in [3.63, 3.8) is 0 Å². The monoisotopic (exact) mass is 397 g/mol. The van der Waals surface area contributed by atoms with Crippen molar-refractivity contribution in [3.8, 4) is 0 Å². The van der Waals surface area contributed by atoms with Gasteiger partial charge in [0.15, 0.2) is 0 Å². The molecule has 0 atom stereocenters. The summed E-state index contributed by atoms with van der Waals surface area (Å²) in [5, 5.41) is 3.06.